The van der Waals surface area contributed by atoms with E-state index < -0.39 is 17.3 Å². The second-order valence-electron chi connectivity index (χ2n) is 6.34. The third-order valence-electron chi connectivity index (χ3n) is 2.90. The number of aliphatic hydroxyl groups is 1. The second-order valence-corrected chi connectivity index (χ2v) is 6.34. The molecule has 1 N–H and O–H groups in total. The molecule has 1 aliphatic heterocycles. The zero-order valence-electron chi connectivity index (χ0n) is 12.8. The zero-order chi connectivity index (χ0) is 15.7. The summed E-state index contributed by atoms with van der Waals surface area (Å²) in [6.07, 6.45) is 1.25. The molecule has 1 aromatic heterocycles. The molecule has 1 saturated heterocycles. The first-order valence-corrected chi connectivity index (χ1v) is 6.83. The number of pyridine rings is 1. The van der Waals surface area contributed by atoms with Gasteiger partial charge in [-0.05, 0) is 51.3 Å². The van der Waals surface area contributed by atoms with Crippen LogP contribution in [0.4, 0.5) is 4.79 Å². The molecule has 1 aliphatic rings. The first-order valence-electron chi connectivity index (χ1n) is 6.83. The van der Waals surface area contributed by atoms with Crippen molar-refractivity contribution in [1.82, 2.24) is 9.88 Å². The fourth-order valence-electron chi connectivity index (χ4n) is 1.90. The summed E-state index contributed by atoms with van der Waals surface area (Å²) < 4.78 is 5.23. The number of amides is 1. The number of rotatable bonds is 0. The molecule has 1 fully saturated rings. The normalized spacial score (nSPS) is 16.5. The van der Waals surface area contributed by atoms with Crippen LogP contribution in [0, 0.1) is 18.8 Å². The average molecular weight is 288 g/mol. The van der Waals surface area contributed by atoms with E-state index in [4.69, 9.17) is 4.74 Å². The number of hydrogen-bond acceptors (Lipinski definition) is 4. The Morgan fingerprint density at radius 2 is 2.14 bits per heavy atom. The van der Waals surface area contributed by atoms with Crippen LogP contribution in [0.15, 0.2) is 18.3 Å². The number of ether oxygens (including phenoxy) is 1. The highest BCUT2D eigenvalue weighted by Crippen LogP contribution is 2.22. The Hall–Kier alpha value is -2.06. The van der Waals surface area contributed by atoms with Crippen molar-refractivity contribution in [1.29, 1.82) is 0 Å². The summed E-state index contributed by atoms with van der Waals surface area (Å²) in [5, 5.41) is 10.2. The maximum atomic E-state index is 11.8. The summed E-state index contributed by atoms with van der Waals surface area (Å²) >= 11 is 0. The van der Waals surface area contributed by atoms with Gasteiger partial charge in [-0.25, -0.2) is 9.78 Å². The number of hydrogen-bond donors (Lipinski definition) is 1. The topological polar surface area (TPSA) is 62.7 Å². The predicted molar refractivity (Wildman–Crippen MR) is 78.6 cm³/mol. The Balaban J connectivity index is 1.95. The van der Waals surface area contributed by atoms with Crippen LogP contribution < -0.4 is 0 Å². The first kappa shape index (κ1) is 15.3. The molecule has 1 aromatic rings. The van der Waals surface area contributed by atoms with Crippen molar-refractivity contribution in [3.05, 3.63) is 29.6 Å². The minimum atomic E-state index is -1.18. The number of β-amino-alcohol motifs (C(OH)–C–C–N with tert-alkyl or cyclic N) is 1. The Morgan fingerprint density at radius 3 is 2.71 bits per heavy atom. The fraction of sp³-hybridized carbons (Fsp3) is 0.500. The molecule has 0 radical (unpaired) electrons. The van der Waals surface area contributed by atoms with E-state index >= 15 is 0 Å². The first-order chi connectivity index (χ1) is 9.67. The maximum absolute atomic E-state index is 11.8. The molecule has 0 atom stereocenters. The zero-order valence-corrected chi connectivity index (χ0v) is 12.8. The molecular weight excluding hydrogens is 268 g/mol. The number of aromatic nitrogens is 1. The molecule has 112 valence electrons. The minimum absolute atomic E-state index is 0.154. The molecule has 2 rings (SSSR count). The van der Waals surface area contributed by atoms with Gasteiger partial charge in [-0.1, -0.05) is 5.92 Å². The van der Waals surface area contributed by atoms with Crippen LogP contribution in [0.3, 0.4) is 0 Å². The average Bonchev–Trinajstić information content (AvgIpc) is 2.31. The minimum Gasteiger partial charge on any atom is -0.444 e. The lowest BCUT2D eigenvalue weighted by Gasteiger charge is -2.43. The summed E-state index contributed by atoms with van der Waals surface area (Å²) in [7, 11) is 0. The van der Waals surface area contributed by atoms with Crippen molar-refractivity contribution in [2.45, 2.75) is 38.9 Å². The van der Waals surface area contributed by atoms with Gasteiger partial charge in [0.2, 0.25) is 0 Å². The van der Waals surface area contributed by atoms with E-state index in [0.29, 0.717) is 5.69 Å². The summed E-state index contributed by atoms with van der Waals surface area (Å²) in [6.45, 7) is 7.68. The third kappa shape index (κ3) is 4.20. The molecule has 21 heavy (non-hydrogen) atoms. The van der Waals surface area contributed by atoms with Crippen molar-refractivity contribution < 1.29 is 14.6 Å². The summed E-state index contributed by atoms with van der Waals surface area (Å²) in [5.41, 5.74) is -0.0472. The van der Waals surface area contributed by atoms with Crippen molar-refractivity contribution in [2.24, 2.45) is 0 Å². The highest BCUT2D eigenvalue weighted by Gasteiger charge is 2.44. The van der Waals surface area contributed by atoms with Gasteiger partial charge in [0.25, 0.3) is 0 Å². The van der Waals surface area contributed by atoms with Crippen LogP contribution in [-0.2, 0) is 4.74 Å². The molecule has 2 heterocycles. The molecular formula is C16H20N2O3. The second kappa shape index (κ2) is 5.38. The number of nitrogens with zero attached hydrogens (tertiary/aromatic N) is 2. The quantitative estimate of drug-likeness (QED) is 0.738. The molecule has 1 amide bonds. The van der Waals surface area contributed by atoms with E-state index in [-0.39, 0.29) is 13.1 Å². The van der Waals surface area contributed by atoms with E-state index in [1.54, 1.807) is 27.0 Å². The summed E-state index contributed by atoms with van der Waals surface area (Å²) in [5.74, 6) is 5.63. The van der Waals surface area contributed by atoms with Crippen molar-refractivity contribution >= 4 is 6.09 Å². The predicted octanol–water partition coefficient (Wildman–Crippen LogP) is 1.72. The van der Waals surface area contributed by atoms with Gasteiger partial charge in [0.15, 0.2) is 5.60 Å². The number of carbonyl (C=O) groups excluding carboxylic acids is 1. The van der Waals surface area contributed by atoms with E-state index in [1.165, 1.54) is 4.90 Å². The molecule has 0 spiro atoms. The Kier molecular flexibility index (Phi) is 3.93. The number of carbonyl (C=O) groups is 1. The highest BCUT2D eigenvalue weighted by molar-refractivity contribution is 5.70. The van der Waals surface area contributed by atoms with Crippen LogP contribution in [0.2, 0.25) is 0 Å². The number of aryl methyl sites for hydroxylation is 1. The van der Waals surface area contributed by atoms with Gasteiger partial charge < -0.3 is 14.7 Å². The van der Waals surface area contributed by atoms with Gasteiger partial charge >= 0.3 is 6.09 Å². The van der Waals surface area contributed by atoms with Crippen LogP contribution in [-0.4, -0.2) is 45.4 Å². The van der Waals surface area contributed by atoms with Crippen LogP contribution in [0.5, 0.6) is 0 Å². The SMILES string of the molecule is Cc1ccnc(C#CC2(O)CN(C(=O)OC(C)(C)C)C2)c1. The largest absolute Gasteiger partial charge is 0.444 e. The van der Waals surface area contributed by atoms with Gasteiger partial charge in [0.1, 0.15) is 11.3 Å². The van der Waals surface area contributed by atoms with E-state index in [9.17, 15) is 9.90 Å². The number of likely N-dealkylation sites (tertiary alicyclic amines) is 1. The molecule has 5 nitrogen and oxygen atoms in total. The monoisotopic (exact) mass is 288 g/mol. The van der Waals surface area contributed by atoms with Crippen molar-refractivity contribution in [2.75, 3.05) is 13.1 Å². The van der Waals surface area contributed by atoms with Gasteiger partial charge in [-0.3, -0.25) is 0 Å². The summed E-state index contributed by atoms with van der Waals surface area (Å²) in [4.78, 5) is 17.3. The third-order valence-corrected chi connectivity index (χ3v) is 2.90. The lowest BCUT2D eigenvalue weighted by Crippen LogP contribution is -2.63. The molecule has 0 saturated carbocycles. The smallest absolute Gasteiger partial charge is 0.410 e. The summed E-state index contributed by atoms with van der Waals surface area (Å²) in [6, 6.07) is 3.73. The molecule has 0 bridgehead atoms. The van der Waals surface area contributed by atoms with Crippen LogP contribution >= 0.6 is 0 Å². The van der Waals surface area contributed by atoms with Crippen LogP contribution in [0.25, 0.3) is 0 Å². The molecule has 0 aromatic carbocycles. The van der Waals surface area contributed by atoms with Crippen LogP contribution in [0.1, 0.15) is 32.0 Å². The van der Waals surface area contributed by atoms with E-state index in [2.05, 4.69) is 16.8 Å². The highest BCUT2D eigenvalue weighted by atomic mass is 16.6. The lowest BCUT2D eigenvalue weighted by atomic mass is 9.95. The molecule has 5 heteroatoms. The molecule has 0 aliphatic carbocycles. The standard InChI is InChI=1S/C16H20N2O3/c1-12-6-8-17-13(9-12)5-7-16(20)10-18(11-16)14(19)21-15(2,3)4/h6,8-9,20H,10-11H2,1-4H3. The van der Waals surface area contributed by atoms with Gasteiger partial charge in [0, 0.05) is 6.20 Å². The maximum Gasteiger partial charge on any atom is 0.410 e. The van der Waals surface area contributed by atoms with E-state index in [0.717, 1.165) is 5.56 Å². The Morgan fingerprint density at radius 1 is 1.48 bits per heavy atom. The Labute approximate surface area is 124 Å². The van der Waals surface area contributed by atoms with Gasteiger partial charge in [-0.15, -0.1) is 0 Å². The fourth-order valence-corrected chi connectivity index (χ4v) is 1.90. The van der Waals surface area contributed by atoms with Gasteiger partial charge in [0.05, 0.1) is 13.1 Å². The van der Waals surface area contributed by atoms with E-state index in [1.807, 2.05) is 19.1 Å². The van der Waals surface area contributed by atoms with Crippen molar-refractivity contribution in [3.8, 4) is 11.8 Å². The molecule has 0 unspecified atom stereocenters. The Bertz CT molecular complexity index is 602. The van der Waals surface area contributed by atoms with Gasteiger partial charge in [-0.2, -0.15) is 0 Å². The van der Waals surface area contributed by atoms with Crippen molar-refractivity contribution in [3.63, 3.8) is 0 Å². The lowest BCUT2D eigenvalue weighted by molar-refractivity contribution is -0.0637.